The Morgan fingerprint density at radius 3 is 2.65 bits per heavy atom. The fourth-order valence-corrected chi connectivity index (χ4v) is 4.62. The number of anilines is 1. The van der Waals surface area contributed by atoms with Crippen LogP contribution in [0, 0.1) is 6.92 Å². The van der Waals surface area contributed by atoms with Gasteiger partial charge in [-0.1, -0.05) is 42.5 Å². The average Bonchev–Trinajstić information content (AvgIpc) is 3.48. The van der Waals surface area contributed by atoms with Gasteiger partial charge in [-0.15, -0.1) is 0 Å². The second-order valence-corrected chi connectivity index (χ2v) is 8.80. The van der Waals surface area contributed by atoms with Crippen molar-refractivity contribution >= 4 is 17.5 Å². The SMILES string of the molecule is Cc1cccc(NC(=O)c2nc(Cc3ccccc3)n3c2CN(C(=O)c2ccc[nH]2)CC3C)c1. The molecular formula is C27H27N5O2. The smallest absolute Gasteiger partial charge is 0.276 e. The molecule has 3 heterocycles. The van der Waals surface area contributed by atoms with Crippen LogP contribution in [0.3, 0.4) is 0 Å². The largest absolute Gasteiger partial charge is 0.357 e. The van der Waals surface area contributed by atoms with E-state index in [2.05, 4.69) is 33.9 Å². The van der Waals surface area contributed by atoms with Crippen LogP contribution in [-0.2, 0) is 13.0 Å². The number of hydrogen-bond donors (Lipinski definition) is 2. The molecule has 0 saturated carbocycles. The van der Waals surface area contributed by atoms with Gasteiger partial charge in [-0.05, 0) is 49.2 Å². The first-order valence-electron chi connectivity index (χ1n) is 11.4. The maximum atomic E-state index is 13.4. The normalized spacial score (nSPS) is 15.1. The van der Waals surface area contributed by atoms with Crippen LogP contribution in [0.2, 0.25) is 0 Å². The van der Waals surface area contributed by atoms with Crippen LogP contribution < -0.4 is 5.32 Å². The minimum atomic E-state index is -0.268. The second kappa shape index (κ2) is 9.02. The van der Waals surface area contributed by atoms with Crippen molar-refractivity contribution in [2.75, 3.05) is 11.9 Å². The Balaban J connectivity index is 1.52. The number of fused-ring (bicyclic) bond motifs is 1. The Kier molecular flexibility index (Phi) is 5.76. The van der Waals surface area contributed by atoms with Gasteiger partial charge in [0.15, 0.2) is 5.69 Å². The van der Waals surface area contributed by atoms with Gasteiger partial charge in [0.2, 0.25) is 0 Å². The van der Waals surface area contributed by atoms with Gasteiger partial charge in [-0.25, -0.2) is 4.98 Å². The van der Waals surface area contributed by atoms with E-state index in [1.165, 1.54) is 0 Å². The van der Waals surface area contributed by atoms with Crippen molar-refractivity contribution in [1.82, 2.24) is 19.4 Å². The standard InChI is InChI=1S/C27H27N5O2/c1-18-8-6-11-21(14-18)29-26(33)25-23-17-31(27(34)22-12-7-13-28-22)16-19(2)32(23)24(30-25)15-20-9-4-3-5-10-20/h3-14,19,28H,15-17H2,1-2H3,(H,29,33). The average molecular weight is 454 g/mol. The number of aryl methyl sites for hydroxylation is 1. The summed E-state index contributed by atoms with van der Waals surface area (Å²) in [5, 5.41) is 2.99. The van der Waals surface area contributed by atoms with Crippen LogP contribution in [0.5, 0.6) is 0 Å². The number of amides is 2. The summed E-state index contributed by atoms with van der Waals surface area (Å²) >= 11 is 0. The summed E-state index contributed by atoms with van der Waals surface area (Å²) in [4.78, 5) is 36.1. The van der Waals surface area contributed by atoms with E-state index in [1.54, 1.807) is 17.2 Å². The highest BCUT2D eigenvalue weighted by molar-refractivity contribution is 6.04. The van der Waals surface area contributed by atoms with E-state index in [0.717, 1.165) is 28.3 Å². The van der Waals surface area contributed by atoms with E-state index < -0.39 is 0 Å². The Morgan fingerprint density at radius 1 is 1.09 bits per heavy atom. The third-order valence-corrected chi connectivity index (χ3v) is 6.16. The molecule has 5 rings (SSSR count). The van der Waals surface area contributed by atoms with Crippen molar-refractivity contribution in [2.45, 2.75) is 32.9 Å². The van der Waals surface area contributed by atoms with Gasteiger partial charge in [0, 0.05) is 30.9 Å². The van der Waals surface area contributed by atoms with Crippen LogP contribution in [0.15, 0.2) is 72.9 Å². The zero-order valence-corrected chi connectivity index (χ0v) is 19.3. The van der Waals surface area contributed by atoms with E-state index in [1.807, 2.05) is 55.5 Å². The molecule has 1 unspecified atom stereocenters. The number of rotatable bonds is 5. The molecule has 2 N–H and O–H groups in total. The number of hydrogen-bond acceptors (Lipinski definition) is 3. The van der Waals surface area contributed by atoms with E-state index in [-0.39, 0.29) is 17.9 Å². The number of carbonyl (C=O) groups excluding carboxylic acids is 2. The van der Waals surface area contributed by atoms with Crippen molar-refractivity contribution in [2.24, 2.45) is 0 Å². The molecule has 2 amide bonds. The van der Waals surface area contributed by atoms with Crippen LogP contribution in [-0.4, -0.2) is 37.8 Å². The molecule has 7 nitrogen and oxygen atoms in total. The lowest BCUT2D eigenvalue weighted by molar-refractivity contribution is 0.0676. The van der Waals surface area contributed by atoms with Gasteiger partial charge in [-0.2, -0.15) is 0 Å². The van der Waals surface area contributed by atoms with Gasteiger partial charge in [0.1, 0.15) is 11.5 Å². The van der Waals surface area contributed by atoms with Crippen LogP contribution in [0.1, 0.15) is 56.6 Å². The number of nitrogens with zero attached hydrogens (tertiary/aromatic N) is 3. The number of H-pyrrole nitrogens is 1. The summed E-state index contributed by atoms with van der Waals surface area (Å²) in [5.74, 6) is 0.476. The van der Waals surface area contributed by atoms with Crippen molar-refractivity contribution < 1.29 is 9.59 Å². The van der Waals surface area contributed by atoms with Crippen molar-refractivity contribution in [3.05, 3.63) is 107 Å². The summed E-state index contributed by atoms with van der Waals surface area (Å²) in [6.45, 7) is 4.91. The lowest BCUT2D eigenvalue weighted by Gasteiger charge is -2.34. The molecule has 1 aliphatic heterocycles. The number of benzene rings is 2. The van der Waals surface area contributed by atoms with Gasteiger partial charge in [0.25, 0.3) is 11.8 Å². The molecule has 0 aliphatic carbocycles. The van der Waals surface area contributed by atoms with Gasteiger partial charge in [0.05, 0.1) is 12.2 Å². The van der Waals surface area contributed by atoms with Crippen LogP contribution in [0.25, 0.3) is 0 Å². The first-order valence-corrected chi connectivity index (χ1v) is 11.4. The lowest BCUT2D eigenvalue weighted by Crippen LogP contribution is -2.41. The molecule has 1 atom stereocenters. The van der Waals surface area contributed by atoms with Gasteiger partial charge >= 0.3 is 0 Å². The highest BCUT2D eigenvalue weighted by Crippen LogP contribution is 2.29. The molecule has 0 bridgehead atoms. The van der Waals surface area contributed by atoms with E-state index >= 15 is 0 Å². The maximum Gasteiger partial charge on any atom is 0.276 e. The molecule has 0 saturated heterocycles. The molecule has 34 heavy (non-hydrogen) atoms. The summed E-state index contributed by atoms with van der Waals surface area (Å²) < 4.78 is 2.14. The zero-order chi connectivity index (χ0) is 23.7. The van der Waals surface area contributed by atoms with E-state index in [4.69, 9.17) is 4.98 Å². The first-order chi connectivity index (χ1) is 16.5. The second-order valence-electron chi connectivity index (χ2n) is 8.80. The monoisotopic (exact) mass is 453 g/mol. The quantitative estimate of drug-likeness (QED) is 0.464. The van der Waals surface area contributed by atoms with Crippen molar-refractivity contribution in [3.8, 4) is 0 Å². The summed E-state index contributed by atoms with van der Waals surface area (Å²) in [6, 6.07) is 21.3. The molecule has 1 aliphatic rings. The topological polar surface area (TPSA) is 83.0 Å². The van der Waals surface area contributed by atoms with Crippen LogP contribution in [0.4, 0.5) is 5.69 Å². The minimum absolute atomic E-state index is 0.0191. The molecule has 0 radical (unpaired) electrons. The van der Waals surface area contributed by atoms with Crippen molar-refractivity contribution in [3.63, 3.8) is 0 Å². The molecule has 2 aromatic carbocycles. The van der Waals surface area contributed by atoms with Gasteiger partial charge < -0.3 is 19.8 Å². The lowest BCUT2D eigenvalue weighted by atomic mass is 10.1. The highest BCUT2D eigenvalue weighted by atomic mass is 16.2. The number of aromatic nitrogens is 3. The third kappa shape index (κ3) is 4.24. The third-order valence-electron chi connectivity index (χ3n) is 6.16. The number of nitrogens with one attached hydrogen (secondary N) is 2. The summed E-state index contributed by atoms with van der Waals surface area (Å²) in [6.07, 6.45) is 2.35. The van der Waals surface area contributed by atoms with Crippen LogP contribution >= 0.6 is 0 Å². The molecule has 0 fully saturated rings. The van der Waals surface area contributed by atoms with E-state index in [0.29, 0.717) is 30.9 Å². The fraction of sp³-hybridized carbons (Fsp3) is 0.222. The maximum absolute atomic E-state index is 13.4. The van der Waals surface area contributed by atoms with Crippen molar-refractivity contribution in [1.29, 1.82) is 0 Å². The summed E-state index contributed by atoms with van der Waals surface area (Å²) in [5.41, 5.74) is 4.57. The van der Waals surface area contributed by atoms with E-state index in [9.17, 15) is 9.59 Å². The van der Waals surface area contributed by atoms with Gasteiger partial charge in [-0.3, -0.25) is 9.59 Å². The number of imidazole rings is 1. The first kappa shape index (κ1) is 21.7. The fourth-order valence-electron chi connectivity index (χ4n) is 4.62. The molecule has 7 heteroatoms. The molecule has 0 spiro atoms. The zero-order valence-electron chi connectivity index (χ0n) is 19.3. The Hall–Kier alpha value is -4.13. The summed E-state index contributed by atoms with van der Waals surface area (Å²) in [7, 11) is 0. The Labute approximate surface area is 198 Å². The minimum Gasteiger partial charge on any atom is -0.357 e. The molecule has 4 aromatic rings. The Morgan fingerprint density at radius 2 is 1.91 bits per heavy atom. The highest BCUT2D eigenvalue weighted by Gasteiger charge is 2.33. The predicted molar refractivity (Wildman–Crippen MR) is 131 cm³/mol. The Bertz CT molecular complexity index is 1320. The number of aromatic amines is 1. The molecule has 2 aromatic heterocycles. The molecule has 172 valence electrons. The number of carbonyl (C=O) groups is 2. The molecular weight excluding hydrogens is 426 g/mol. The predicted octanol–water partition coefficient (Wildman–Crippen LogP) is 4.58.